The first-order valence-electron chi connectivity index (χ1n) is 9.84. The fourth-order valence-corrected chi connectivity index (χ4v) is 4.04. The van der Waals surface area contributed by atoms with Gasteiger partial charge in [0, 0.05) is 0 Å². The van der Waals surface area contributed by atoms with Gasteiger partial charge in [-0.15, -0.1) is 0 Å². The topological polar surface area (TPSA) is 84.9 Å². The van der Waals surface area contributed by atoms with Crippen LogP contribution in [0.5, 0.6) is 11.5 Å². The highest BCUT2D eigenvalue weighted by atomic mass is 32.2. The molecule has 0 spiro atoms. The molecule has 2 aromatic rings. The maximum Gasteiger partial charge on any atom is 0.241 e. The van der Waals surface area contributed by atoms with Gasteiger partial charge in [-0.2, -0.15) is 0 Å². The minimum absolute atomic E-state index is 0.233. The molecule has 0 aliphatic heterocycles. The largest absolute Gasteiger partial charge is 0.496 e. The Balaban J connectivity index is 2.17. The van der Waals surface area contributed by atoms with Gasteiger partial charge in [-0.25, -0.2) is 8.42 Å². The van der Waals surface area contributed by atoms with Gasteiger partial charge in [0.05, 0.1) is 31.7 Å². The number of nitrogens with zero attached hydrogens (tertiary/aromatic N) is 1. The van der Waals surface area contributed by atoms with Crippen molar-refractivity contribution in [1.29, 1.82) is 0 Å². The number of hydrogen-bond donors (Lipinski definition) is 1. The summed E-state index contributed by atoms with van der Waals surface area (Å²) in [5.74, 6) is 1.04. The number of sulfonamides is 1. The molecule has 1 N–H and O–H groups in total. The van der Waals surface area contributed by atoms with Crippen LogP contribution in [0, 0.1) is 6.92 Å². The molecule has 164 valence electrons. The Morgan fingerprint density at radius 2 is 1.80 bits per heavy atom. The van der Waals surface area contributed by atoms with Gasteiger partial charge in [0.1, 0.15) is 18.0 Å². The number of anilines is 1. The van der Waals surface area contributed by atoms with E-state index in [0.717, 1.165) is 27.4 Å². The summed E-state index contributed by atoms with van der Waals surface area (Å²) >= 11 is 0. The standard InChI is InChI=1S/C22H30N2O5S/c1-6-20(17-8-13-21(28-4)16(3)14-17)23-22(25)15-24(30(5,26)27)18-9-11-19(12-10-18)29-7-2/h8-14,20H,6-7,15H2,1-5H3,(H,23,25)/t20-/m0/s1. The maximum atomic E-state index is 12.7. The highest BCUT2D eigenvalue weighted by molar-refractivity contribution is 7.92. The van der Waals surface area contributed by atoms with Crippen molar-refractivity contribution in [2.45, 2.75) is 33.2 Å². The van der Waals surface area contributed by atoms with Gasteiger partial charge in [-0.05, 0) is 61.7 Å². The fourth-order valence-electron chi connectivity index (χ4n) is 3.19. The predicted molar refractivity (Wildman–Crippen MR) is 119 cm³/mol. The van der Waals surface area contributed by atoms with Crippen LogP contribution in [0.3, 0.4) is 0 Å². The van der Waals surface area contributed by atoms with E-state index in [9.17, 15) is 13.2 Å². The van der Waals surface area contributed by atoms with Crippen molar-refractivity contribution in [2.24, 2.45) is 0 Å². The summed E-state index contributed by atoms with van der Waals surface area (Å²) in [6.45, 7) is 5.98. The van der Waals surface area contributed by atoms with Crippen LogP contribution >= 0.6 is 0 Å². The van der Waals surface area contributed by atoms with Crippen molar-refractivity contribution in [1.82, 2.24) is 5.32 Å². The quantitative estimate of drug-likeness (QED) is 0.619. The van der Waals surface area contributed by atoms with E-state index in [4.69, 9.17) is 9.47 Å². The molecule has 30 heavy (non-hydrogen) atoms. The van der Waals surface area contributed by atoms with Crippen molar-refractivity contribution in [3.8, 4) is 11.5 Å². The minimum atomic E-state index is -3.65. The molecule has 0 bridgehead atoms. The second-order valence-corrected chi connectivity index (χ2v) is 8.86. The van der Waals surface area contributed by atoms with E-state index in [0.29, 0.717) is 24.5 Å². The van der Waals surface area contributed by atoms with Gasteiger partial charge >= 0.3 is 0 Å². The van der Waals surface area contributed by atoms with E-state index in [2.05, 4.69) is 5.32 Å². The van der Waals surface area contributed by atoms with Crippen LogP contribution in [-0.4, -0.2) is 40.8 Å². The summed E-state index contributed by atoms with van der Waals surface area (Å²) in [6, 6.07) is 12.1. The number of nitrogens with one attached hydrogen (secondary N) is 1. The number of benzene rings is 2. The zero-order valence-corrected chi connectivity index (χ0v) is 19.0. The molecule has 0 heterocycles. The van der Waals surface area contributed by atoms with E-state index in [1.165, 1.54) is 0 Å². The van der Waals surface area contributed by atoms with E-state index in [1.54, 1.807) is 31.4 Å². The number of amides is 1. The van der Waals surface area contributed by atoms with Crippen molar-refractivity contribution in [3.63, 3.8) is 0 Å². The summed E-state index contributed by atoms with van der Waals surface area (Å²) < 4.78 is 36.4. The average molecular weight is 435 g/mol. The van der Waals surface area contributed by atoms with E-state index < -0.39 is 10.0 Å². The van der Waals surface area contributed by atoms with Crippen LogP contribution in [0.4, 0.5) is 5.69 Å². The molecule has 0 aliphatic rings. The molecule has 0 saturated carbocycles. The SMILES string of the molecule is CCOc1ccc(N(CC(=O)N[C@@H](CC)c2ccc(OC)c(C)c2)S(C)(=O)=O)cc1. The molecular formula is C22H30N2O5S. The molecule has 0 unspecified atom stereocenters. The lowest BCUT2D eigenvalue weighted by molar-refractivity contribution is -0.120. The van der Waals surface area contributed by atoms with Gasteiger partial charge in [-0.3, -0.25) is 9.10 Å². The summed E-state index contributed by atoms with van der Waals surface area (Å²) in [5.41, 5.74) is 2.32. The van der Waals surface area contributed by atoms with Crippen LogP contribution in [0.2, 0.25) is 0 Å². The first-order chi connectivity index (χ1) is 14.2. The van der Waals surface area contributed by atoms with E-state index in [1.807, 2.05) is 39.0 Å². The highest BCUT2D eigenvalue weighted by Gasteiger charge is 2.23. The van der Waals surface area contributed by atoms with Gasteiger partial charge in [0.2, 0.25) is 15.9 Å². The lowest BCUT2D eigenvalue weighted by atomic mass is 10.0. The number of aryl methyl sites for hydroxylation is 1. The molecule has 0 aliphatic carbocycles. The Labute approximate surface area is 179 Å². The van der Waals surface area contributed by atoms with E-state index >= 15 is 0 Å². The molecule has 7 nitrogen and oxygen atoms in total. The van der Waals surface area contributed by atoms with Gasteiger partial charge in [-0.1, -0.05) is 19.1 Å². The van der Waals surface area contributed by atoms with Gasteiger partial charge in [0.15, 0.2) is 0 Å². The first kappa shape index (κ1) is 23.5. The van der Waals surface area contributed by atoms with Crippen LogP contribution in [0.15, 0.2) is 42.5 Å². The Hall–Kier alpha value is -2.74. The lowest BCUT2D eigenvalue weighted by Crippen LogP contribution is -2.41. The molecule has 8 heteroatoms. The number of ether oxygens (including phenoxy) is 2. The summed E-state index contributed by atoms with van der Waals surface area (Å²) in [7, 11) is -2.03. The van der Waals surface area contributed by atoms with E-state index in [-0.39, 0.29) is 18.5 Å². The highest BCUT2D eigenvalue weighted by Crippen LogP contribution is 2.25. The van der Waals surface area contributed by atoms with Crippen LogP contribution in [0.1, 0.15) is 37.4 Å². The van der Waals surface area contributed by atoms with Crippen LogP contribution < -0.4 is 19.1 Å². The molecule has 0 fully saturated rings. The molecule has 0 radical (unpaired) electrons. The number of rotatable bonds is 10. The predicted octanol–water partition coefficient (Wildman–Crippen LogP) is 3.44. The normalized spacial score (nSPS) is 12.2. The van der Waals surface area contributed by atoms with Crippen molar-refractivity contribution in [2.75, 3.05) is 30.8 Å². The van der Waals surface area contributed by atoms with Crippen molar-refractivity contribution >= 4 is 21.6 Å². The van der Waals surface area contributed by atoms with Crippen molar-refractivity contribution in [3.05, 3.63) is 53.6 Å². The third kappa shape index (κ3) is 6.13. The van der Waals surface area contributed by atoms with Crippen molar-refractivity contribution < 1.29 is 22.7 Å². The number of hydrogen-bond acceptors (Lipinski definition) is 5. The third-order valence-electron chi connectivity index (χ3n) is 4.69. The molecule has 1 amide bonds. The molecule has 2 rings (SSSR count). The maximum absolute atomic E-state index is 12.7. The Kier molecular flexibility index (Phi) is 8.11. The molecule has 2 aromatic carbocycles. The first-order valence-corrected chi connectivity index (χ1v) is 11.7. The number of carbonyl (C=O) groups is 1. The molecule has 0 saturated heterocycles. The Morgan fingerprint density at radius 1 is 1.13 bits per heavy atom. The monoisotopic (exact) mass is 434 g/mol. The number of methoxy groups -OCH3 is 1. The minimum Gasteiger partial charge on any atom is -0.496 e. The fraction of sp³-hybridized carbons (Fsp3) is 0.409. The lowest BCUT2D eigenvalue weighted by Gasteiger charge is -2.24. The van der Waals surface area contributed by atoms with Crippen LogP contribution in [-0.2, 0) is 14.8 Å². The van der Waals surface area contributed by atoms with Gasteiger partial charge in [0.25, 0.3) is 0 Å². The second-order valence-electron chi connectivity index (χ2n) is 6.95. The molecular weight excluding hydrogens is 404 g/mol. The zero-order valence-electron chi connectivity index (χ0n) is 18.1. The Morgan fingerprint density at radius 3 is 2.30 bits per heavy atom. The Bertz CT molecular complexity index is 958. The summed E-state index contributed by atoms with van der Waals surface area (Å²) in [6.07, 6.45) is 1.75. The average Bonchev–Trinajstić information content (AvgIpc) is 2.70. The molecule has 1 atom stereocenters. The van der Waals surface area contributed by atoms with Crippen LogP contribution in [0.25, 0.3) is 0 Å². The zero-order chi connectivity index (χ0) is 22.3. The molecule has 0 aromatic heterocycles. The second kappa shape index (κ2) is 10.3. The smallest absolute Gasteiger partial charge is 0.241 e. The third-order valence-corrected chi connectivity index (χ3v) is 5.83. The number of carbonyl (C=O) groups excluding carboxylic acids is 1. The van der Waals surface area contributed by atoms with Gasteiger partial charge < -0.3 is 14.8 Å². The summed E-state index contributed by atoms with van der Waals surface area (Å²) in [5, 5.41) is 2.94. The summed E-state index contributed by atoms with van der Waals surface area (Å²) in [4.78, 5) is 12.7.